The van der Waals surface area contributed by atoms with E-state index in [4.69, 9.17) is 16.3 Å². The first kappa shape index (κ1) is 16.4. The van der Waals surface area contributed by atoms with Gasteiger partial charge in [-0.2, -0.15) is 0 Å². The van der Waals surface area contributed by atoms with E-state index >= 15 is 0 Å². The van der Waals surface area contributed by atoms with Crippen molar-refractivity contribution in [3.8, 4) is 0 Å². The van der Waals surface area contributed by atoms with Crippen LogP contribution in [0.15, 0.2) is 27.6 Å². The molecule has 0 heterocycles. The summed E-state index contributed by atoms with van der Waals surface area (Å²) in [5.74, 6) is 0. The smallest absolute Gasteiger partial charge is 0.242 e. The Balaban J connectivity index is 2.80. The van der Waals surface area contributed by atoms with E-state index in [9.17, 15) is 8.42 Å². The van der Waals surface area contributed by atoms with Gasteiger partial charge in [0.05, 0.1) is 16.5 Å². The molecule has 0 spiro atoms. The van der Waals surface area contributed by atoms with Crippen molar-refractivity contribution >= 4 is 53.5 Å². The molecular weight excluding hydrogens is 409 g/mol. The molecule has 1 rings (SSSR count). The van der Waals surface area contributed by atoms with E-state index in [1.807, 2.05) is 0 Å². The molecule has 1 aromatic rings. The Bertz CT molecular complexity index is 510. The van der Waals surface area contributed by atoms with E-state index in [1.165, 1.54) is 12.1 Å². The highest BCUT2D eigenvalue weighted by Gasteiger charge is 2.19. The molecule has 1 atom stereocenters. The van der Waals surface area contributed by atoms with Crippen LogP contribution in [0.4, 0.5) is 0 Å². The molecule has 102 valence electrons. The molecule has 0 aromatic heterocycles. The van der Waals surface area contributed by atoms with E-state index in [2.05, 4.69) is 36.6 Å². The Kier molecular flexibility index (Phi) is 6.57. The Morgan fingerprint density at radius 1 is 1.50 bits per heavy atom. The van der Waals surface area contributed by atoms with Crippen molar-refractivity contribution in [2.75, 3.05) is 20.3 Å². The molecule has 0 bridgehead atoms. The van der Waals surface area contributed by atoms with Crippen molar-refractivity contribution in [2.45, 2.75) is 9.72 Å². The van der Waals surface area contributed by atoms with Crippen molar-refractivity contribution in [1.82, 2.24) is 4.72 Å². The molecule has 0 radical (unpaired) electrons. The second-order valence-corrected chi connectivity index (χ2v) is 7.83. The number of hydrogen-bond acceptors (Lipinski definition) is 3. The standard InChI is InChI=1S/C10H12Br2ClNO3S/c1-17-6-8(12)5-14-18(15,16)10-3-2-7(11)4-9(10)13/h2-4,8,14H,5-6H2,1H3. The van der Waals surface area contributed by atoms with Gasteiger partial charge in [-0.25, -0.2) is 13.1 Å². The molecule has 0 aliphatic heterocycles. The molecular formula is C10H12Br2ClNO3S. The summed E-state index contributed by atoms with van der Waals surface area (Å²) < 4.78 is 32.1. The lowest BCUT2D eigenvalue weighted by Gasteiger charge is -2.11. The first-order valence-corrected chi connectivity index (χ1v) is 8.51. The molecule has 0 aliphatic rings. The molecule has 0 amide bonds. The summed E-state index contributed by atoms with van der Waals surface area (Å²) in [5.41, 5.74) is 0. The van der Waals surface area contributed by atoms with Gasteiger partial charge in [-0.15, -0.1) is 0 Å². The minimum absolute atomic E-state index is 0.0597. The van der Waals surface area contributed by atoms with Gasteiger partial charge >= 0.3 is 0 Å². The number of hydrogen-bond donors (Lipinski definition) is 1. The predicted octanol–water partition coefficient (Wildman–Crippen LogP) is 2.79. The third-order valence-corrected chi connectivity index (χ3v) is 5.01. The number of sulfonamides is 1. The van der Waals surface area contributed by atoms with Crippen LogP contribution in [-0.4, -0.2) is 33.5 Å². The average molecular weight is 422 g/mol. The predicted molar refractivity (Wildman–Crippen MR) is 78.9 cm³/mol. The minimum Gasteiger partial charge on any atom is -0.383 e. The number of benzene rings is 1. The van der Waals surface area contributed by atoms with Crippen LogP contribution in [0.5, 0.6) is 0 Å². The third-order valence-electron chi connectivity index (χ3n) is 2.03. The van der Waals surface area contributed by atoms with Gasteiger partial charge in [-0.3, -0.25) is 0 Å². The zero-order chi connectivity index (χ0) is 13.8. The fourth-order valence-corrected chi connectivity index (χ4v) is 3.97. The maximum atomic E-state index is 12.0. The van der Waals surface area contributed by atoms with Gasteiger partial charge in [0.15, 0.2) is 0 Å². The second-order valence-electron chi connectivity index (χ2n) is 3.48. The molecule has 0 saturated heterocycles. The van der Waals surface area contributed by atoms with Gasteiger partial charge in [0.25, 0.3) is 0 Å². The Labute approximate surface area is 128 Å². The Morgan fingerprint density at radius 3 is 2.72 bits per heavy atom. The van der Waals surface area contributed by atoms with E-state index in [0.717, 1.165) is 4.47 Å². The Morgan fingerprint density at radius 2 is 2.17 bits per heavy atom. The SMILES string of the molecule is COCC(Br)CNS(=O)(=O)c1ccc(Br)cc1Cl. The maximum Gasteiger partial charge on any atom is 0.242 e. The summed E-state index contributed by atoms with van der Waals surface area (Å²) in [5, 5.41) is 0.176. The van der Waals surface area contributed by atoms with Crippen LogP contribution in [0.25, 0.3) is 0 Å². The summed E-state index contributed by atoms with van der Waals surface area (Å²) in [4.78, 5) is -0.0315. The number of methoxy groups -OCH3 is 1. The van der Waals surface area contributed by atoms with Crippen molar-refractivity contribution in [3.05, 3.63) is 27.7 Å². The van der Waals surface area contributed by atoms with Crippen LogP contribution in [0, 0.1) is 0 Å². The van der Waals surface area contributed by atoms with E-state index in [1.54, 1.807) is 13.2 Å². The number of ether oxygens (including phenoxy) is 1. The topological polar surface area (TPSA) is 55.4 Å². The van der Waals surface area contributed by atoms with E-state index < -0.39 is 10.0 Å². The minimum atomic E-state index is -3.61. The van der Waals surface area contributed by atoms with Crippen LogP contribution in [-0.2, 0) is 14.8 Å². The Hall–Kier alpha value is 0.340. The quantitative estimate of drug-likeness (QED) is 0.719. The second kappa shape index (κ2) is 7.21. The lowest BCUT2D eigenvalue weighted by atomic mass is 10.4. The number of alkyl halides is 1. The molecule has 18 heavy (non-hydrogen) atoms. The fourth-order valence-electron chi connectivity index (χ4n) is 1.21. The number of rotatable bonds is 6. The van der Waals surface area contributed by atoms with E-state index in [-0.39, 0.29) is 21.3 Å². The van der Waals surface area contributed by atoms with Crippen LogP contribution in [0.2, 0.25) is 5.02 Å². The van der Waals surface area contributed by atoms with Crippen LogP contribution < -0.4 is 4.72 Å². The van der Waals surface area contributed by atoms with Gasteiger partial charge in [-0.1, -0.05) is 43.5 Å². The normalized spacial score (nSPS) is 13.6. The van der Waals surface area contributed by atoms with Crippen LogP contribution in [0.1, 0.15) is 0 Å². The van der Waals surface area contributed by atoms with Gasteiger partial charge < -0.3 is 4.74 Å². The van der Waals surface area contributed by atoms with Gasteiger partial charge in [0.1, 0.15) is 4.90 Å². The van der Waals surface area contributed by atoms with Crippen LogP contribution >= 0.6 is 43.5 Å². The molecule has 0 saturated carbocycles. The highest BCUT2D eigenvalue weighted by Crippen LogP contribution is 2.25. The summed E-state index contributed by atoms with van der Waals surface area (Å²) in [7, 11) is -2.06. The molecule has 1 aromatic carbocycles. The van der Waals surface area contributed by atoms with Crippen molar-refractivity contribution in [3.63, 3.8) is 0 Å². The largest absolute Gasteiger partial charge is 0.383 e. The van der Waals surface area contributed by atoms with Gasteiger partial charge in [-0.05, 0) is 18.2 Å². The zero-order valence-electron chi connectivity index (χ0n) is 9.49. The molecule has 8 heteroatoms. The highest BCUT2D eigenvalue weighted by molar-refractivity contribution is 9.10. The van der Waals surface area contributed by atoms with Crippen molar-refractivity contribution < 1.29 is 13.2 Å². The summed E-state index contributed by atoms with van der Waals surface area (Å²) in [6.07, 6.45) is 0. The third kappa shape index (κ3) is 4.79. The monoisotopic (exact) mass is 419 g/mol. The lowest BCUT2D eigenvalue weighted by Crippen LogP contribution is -2.31. The number of halogens is 3. The molecule has 1 unspecified atom stereocenters. The summed E-state index contributed by atoms with van der Waals surface area (Å²) in [6.45, 7) is 0.638. The van der Waals surface area contributed by atoms with Crippen LogP contribution in [0.3, 0.4) is 0 Å². The molecule has 0 aliphatic carbocycles. The maximum absolute atomic E-state index is 12.0. The van der Waals surface area contributed by atoms with E-state index in [0.29, 0.717) is 6.61 Å². The first-order valence-electron chi connectivity index (χ1n) is 4.94. The fraction of sp³-hybridized carbons (Fsp3) is 0.400. The lowest BCUT2D eigenvalue weighted by molar-refractivity contribution is 0.201. The van der Waals surface area contributed by atoms with Crippen molar-refractivity contribution in [1.29, 1.82) is 0 Å². The number of nitrogens with one attached hydrogen (secondary N) is 1. The van der Waals surface area contributed by atoms with Crippen molar-refractivity contribution in [2.24, 2.45) is 0 Å². The average Bonchev–Trinajstić information content (AvgIpc) is 2.26. The molecule has 0 fully saturated rings. The summed E-state index contributed by atoms with van der Waals surface area (Å²) >= 11 is 12.4. The van der Waals surface area contributed by atoms with Gasteiger partial charge in [0.2, 0.25) is 10.0 Å². The zero-order valence-corrected chi connectivity index (χ0v) is 14.2. The molecule has 1 N–H and O–H groups in total. The highest BCUT2D eigenvalue weighted by atomic mass is 79.9. The van der Waals surface area contributed by atoms with Gasteiger partial charge in [0, 0.05) is 18.1 Å². The molecule has 4 nitrogen and oxygen atoms in total. The first-order chi connectivity index (χ1) is 8.36. The summed E-state index contributed by atoms with van der Waals surface area (Å²) in [6, 6.07) is 4.62.